The molecule has 0 bridgehead atoms. The average Bonchev–Trinajstić information content (AvgIpc) is 3.44. The van der Waals surface area contributed by atoms with Crippen molar-refractivity contribution in [2.75, 3.05) is 11.9 Å². The molecule has 0 spiro atoms. The van der Waals surface area contributed by atoms with E-state index in [1.165, 1.54) is 5.57 Å². The van der Waals surface area contributed by atoms with Crippen molar-refractivity contribution >= 4 is 27.9 Å². The van der Waals surface area contributed by atoms with Crippen LogP contribution in [0.25, 0.3) is 0 Å². The summed E-state index contributed by atoms with van der Waals surface area (Å²) in [4.78, 5) is 17.1. The van der Waals surface area contributed by atoms with E-state index in [9.17, 15) is 9.90 Å². The minimum absolute atomic E-state index is 0.161. The van der Waals surface area contributed by atoms with E-state index < -0.39 is 5.60 Å². The fourth-order valence-electron chi connectivity index (χ4n) is 8.44. The van der Waals surface area contributed by atoms with E-state index in [0.717, 1.165) is 67.2 Å². The highest BCUT2D eigenvalue weighted by Gasteiger charge is 2.65. The van der Waals surface area contributed by atoms with Crippen molar-refractivity contribution in [2.24, 2.45) is 28.6 Å². The van der Waals surface area contributed by atoms with Gasteiger partial charge < -0.3 is 15.2 Å². The summed E-state index contributed by atoms with van der Waals surface area (Å²) in [5.41, 5.74) is 2.30. The first-order valence-electron chi connectivity index (χ1n) is 13.7. The summed E-state index contributed by atoms with van der Waals surface area (Å²) in [6.07, 6.45) is 9.85. The Morgan fingerprint density at radius 1 is 1.08 bits per heavy atom. The van der Waals surface area contributed by atoms with Crippen LogP contribution in [-0.2, 0) is 10.4 Å². The standard InChI is InChI=1S/C30H38N2O3S/c1-4-35-22-8-6-20(7-9-22)31-27-32-26(18-36-27)30(34)16-13-25-23-10-5-19-17-21(33)11-14-28(19,2)24(23)12-15-29(25,30)3/h6-9,17-18,23-25,34H,4-5,10-16H2,1-3H3,(H,31,32)/t23-,24+,25+,28+,29+,30+/m1/s1. The van der Waals surface area contributed by atoms with Gasteiger partial charge in [0.05, 0.1) is 12.3 Å². The fraction of sp³-hybridized carbons (Fsp3) is 0.600. The Kier molecular flexibility index (Phi) is 5.84. The molecule has 6 rings (SSSR count). The first-order chi connectivity index (χ1) is 17.3. The van der Waals surface area contributed by atoms with Crippen LogP contribution in [0, 0.1) is 28.6 Å². The third-order valence-corrected chi connectivity index (χ3v) is 11.2. The van der Waals surface area contributed by atoms with Crippen LogP contribution in [-0.4, -0.2) is 22.5 Å². The zero-order chi connectivity index (χ0) is 25.1. The molecule has 2 aromatic rings. The number of rotatable bonds is 5. The first-order valence-corrected chi connectivity index (χ1v) is 14.6. The highest BCUT2D eigenvalue weighted by molar-refractivity contribution is 7.13. The number of hydrogen-bond acceptors (Lipinski definition) is 6. The lowest BCUT2D eigenvalue weighted by molar-refractivity contribution is -0.135. The van der Waals surface area contributed by atoms with Gasteiger partial charge in [-0.15, -0.1) is 11.3 Å². The summed E-state index contributed by atoms with van der Waals surface area (Å²) < 4.78 is 5.54. The maximum absolute atomic E-state index is 12.3. The molecule has 192 valence electrons. The number of thiazole rings is 1. The molecule has 0 saturated heterocycles. The number of carbonyl (C=O) groups is 1. The van der Waals surface area contributed by atoms with Gasteiger partial charge in [-0.1, -0.05) is 19.4 Å². The number of nitrogens with one attached hydrogen (secondary N) is 1. The summed E-state index contributed by atoms with van der Waals surface area (Å²) >= 11 is 1.57. The molecule has 0 unspecified atom stereocenters. The predicted molar refractivity (Wildman–Crippen MR) is 144 cm³/mol. The molecule has 3 fully saturated rings. The van der Waals surface area contributed by atoms with Gasteiger partial charge in [-0.25, -0.2) is 4.98 Å². The predicted octanol–water partition coefficient (Wildman–Crippen LogP) is 7.00. The fourth-order valence-corrected chi connectivity index (χ4v) is 9.24. The van der Waals surface area contributed by atoms with Gasteiger partial charge in [0.1, 0.15) is 11.4 Å². The van der Waals surface area contributed by atoms with Crippen molar-refractivity contribution < 1.29 is 14.6 Å². The lowest BCUT2D eigenvalue weighted by Gasteiger charge is -2.59. The van der Waals surface area contributed by atoms with Crippen LogP contribution in [0.5, 0.6) is 5.75 Å². The minimum Gasteiger partial charge on any atom is -0.494 e. The van der Waals surface area contributed by atoms with Gasteiger partial charge >= 0.3 is 0 Å². The topological polar surface area (TPSA) is 71.4 Å². The van der Waals surface area contributed by atoms with E-state index in [1.54, 1.807) is 11.3 Å². The Bertz CT molecular complexity index is 1190. The number of carbonyl (C=O) groups excluding carboxylic acids is 1. The monoisotopic (exact) mass is 506 g/mol. The number of aliphatic hydroxyl groups is 1. The van der Waals surface area contributed by atoms with Crippen LogP contribution in [0.3, 0.4) is 0 Å². The van der Waals surface area contributed by atoms with Crippen molar-refractivity contribution in [3.63, 3.8) is 0 Å². The molecule has 1 heterocycles. The molecule has 6 heteroatoms. The number of anilines is 2. The quantitative estimate of drug-likeness (QED) is 0.457. The van der Waals surface area contributed by atoms with Crippen LogP contribution in [0.1, 0.15) is 77.8 Å². The summed E-state index contributed by atoms with van der Waals surface area (Å²) in [6, 6.07) is 7.92. The van der Waals surface area contributed by atoms with E-state index >= 15 is 0 Å². The Morgan fingerprint density at radius 2 is 1.86 bits per heavy atom. The van der Waals surface area contributed by atoms with Gasteiger partial charge in [0.25, 0.3) is 0 Å². The number of fused-ring (bicyclic) bond motifs is 5. The Balaban J connectivity index is 1.23. The number of allylic oxidation sites excluding steroid dienone is 1. The molecule has 5 nitrogen and oxygen atoms in total. The highest BCUT2D eigenvalue weighted by atomic mass is 32.1. The van der Waals surface area contributed by atoms with Crippen molar-refractivity contribution in [2.45, 2.75) is 77.7 Å². The van der Waals surface area contributed by atoms with E-state index in [4.69, 9.17) is 9.72 Å². The van der Waals surface area contributed by atoms with E-state index in [0.29, 0.717) is 36.6 Å². The van der Waals surface area contributed by atoms with Crippen LogP contribution in [0.4, 0.5) is 10.8 Å². The van der Waals surface area contributed by atoms with Gasteiger partial charge in [0, 0.05) is 22.9 Å². The summed E-state index contributed by atoms with van der Waals surface area (Å²) in [6.45, 7) is 7.39. The van der Waals surface area contributed by atoms with Gasteiger partial charge in [-0.3, -0.25) is 4.79 Å². The second kappa shape index (κ2) is 8.70. The molecule has 6 atom stereocenters. The van der Waals surface area contributed by atoms with Crippen molar-refractivity contribution in [3.05, 3.63) is 47.0 Å². The third kappa shape index (κ3) is 3.59. The molecule has 36 heavy (non-hydrogen) atoms. The molecule has 0 radical (unpaired) electrons. The molecule has 2 N–H and O–H groups in total. The van der Waals surface area contributed by atoms with Crippen LogP contribution in [0.2, 0.25) is 0 Å². The van der Waals surface area contributed by atoms with E-state index in [-0.39, 0.29) is 10.8 Å². The molecule has 1 aromatic carbocycles. The molecule has 4 aliphatic rings. The highest BCUT2D eigenvalue weighted by Crippen LogP contribution is 2.69. The maximum Gasteiger partial charge on any atom is 0.187 e. The number of ether oxygens (including phenoxy) is 1. The Labute approximate surface area is 218 Å². The number of ketones is 1. The summed E-state index contributed by atoms with van der Waals surface area (Å²) in [5, 5.41) is 18.5. The number of hydrogen-bond donors (Lipinski definition) is 2. The average molecular weight is 507 g/mol. The molecular formula is C30H38N2O3S. The Morgan fingerprint density at radius 3 is 2.64 bits per heavy atom. The van der Waals surface area contributed by atoms with Gasteiger partial charge in [0.2, 0.25) is 0 Å². The Hall–Kier alpha value is -2.18. The van der Waals surface area contributed by atoms with Crippen molar-refractivity contribution in [3.8, 4) is 5.75 Å². The second-order valence-corrected chi connectivity index (χ2v) is 12.8. The normalized spacial score (nSPS) is 37.5. The van der Waals surface area contributed by atoms with E-state index in [1.807, 2.05) is 37.3 Å². The largest absolute Gasteiger partial charge is 0.494 e. The lowest BCUT2D eigenvalue weighted by Crippen LogP contribution is -2.53. The zero-order valence-corrected chi connectivity index (χ0v) is 22.5. The number of benzene rings is 1. The van der Waals surface area contributed by atoms with Gasteiger partial charge in [-0.2, -0.15) is 0 Å². The molecular weight excluding hydrogens is 468 g/mol. The molecule has 0 aliphatic heterocycles. The lowest BCUT2D eigenvalue weighted by atomic mass is 9.46. The molecule has 3 saturated carbocycles. The maximum atomic E-state index is 12.3. The van der Waals surface area contributed by atoms with Gasteiger partial charge in [-0.05, 0) is 105 Å². The molecule has 1 aromatic heterocycles. The summed E-state index contributed by atoms with van der Waals surface area (Å²) in [7, 11) is 0. The SMILES string of the molecule is CCOc1ccc(Nc2nc([C@@]3(O)CC[C@H]4[C@@H]5CCC6=CC(=O)CC[C@]6(C)[C@H]5CC[C@@]43C)cs2)cc1. The zero-order valence-electron chi connectivity index (χ0n) is 21.7. The van der Waals surface area contributed by atoms with Crippen molar-refractivity contribution in [1.82, 2.24) is 4.98 Å². The smallest absolute Gasteiger partial charge is 0.187 e. The van der Waals surface area contributed by atoms with Crippen LogP contribution < -0.4 is 10.1 Å². The minimum atomic E-state index is -0.891. The molecule has 4 aliphatic carbocycles. The molecule has 0 amide bonds. The van der Waals surface area contributed by atoms with Gasteiger partial charge in [0.15, 0.2) is 10.9 Å². The first kappa shape index (κ1) is 24.2. The second-order valence-electron chi connectivity index (χ2n) is 11.9. The number of nitrogens with zero attached hydrogens (tertiary/aromatic N) is 1. The summed E-state index contributed by atoms with van der Waals surface area (Å²) in [5.74, 6) is 2.92. The van der Waals surface area contributed by atoms with Crippen LogP contribution in [0.15, 0.2) is 41.3 Å². The van der Waals surface area contributed by atoms with E-state index in [2.05, 4.69) is 24.5 Å². The van der Waals surface area contributed by atoms with Crippen LogP contribution >= 0.6 is 11.3 Å². The number of aromatic nitrogens is 1. The van der Waals surface area contributed by atoms with Crippen molar-refractivity contribution in [1.29, 1.82) is 0 Å². The third-order valence-electron chi connectivity index (χ3n) is 10.5.